The zero-order valence-electron chi connectivity index (χ0n) is 18.4. The van der Waals surface area contributed by atoms with Crippen LogP contribution < -0.4 is 10.2 Å². The molecule has 176 valence electrons. The number of carbonyl (C=O) groups excluding carboxylic acids is 1. The van der Waals surface area contributed by atoms with E-state index in [-0.39, 0.29) is 12.2 Å². The van der Waals surface area contributed by atoms with Crippen molar-refractivity contribution in [3.05, 3.63) is 122 Å². The molecule has 1 amide bonds. The van der Waals surface area contributed by atoms with Gasteiger partial charge in [-0.1, -0.05) is 70.5 Å². The quantitative estimate of drug-likeness (QED) is 0.186. The number of carbonyl (C=O) groups is 1. The molecule has 1 N–H and O–H groups in total. The lowest BCUT2D eigenvalue weighted by Gasteiger charge is -2.08. The van der Waals surface area contributed by atoms with Gasteiger partial charge in [0, 0.05) is 10.0 Å². The molecular formula is C25H20BrN5O4. The summed E-state index contributed by atoms with van der Waals surface area (Å²) in [5.41, 5.74) is 4.12. The second kappa shape index (κ2) is 11.2. The van der Waals surface area contributed by atoms with Gasteiger partial charge in [0.1, 0.15) is 18.6 Å². The van der Waals surface area contributed by atoms with Crippen LogP contribution in [0.15, 0.2) is 94.6 Å². The molecule has 0 fully saturated rings. The molecule has 0 bridgehead atoms. The van der Waals surface area contributed by atoms with Gasteiger partial charge in [0.25, 0.3) is 5.91 Å². The number of amides is 1. The fourth-order valence-corrected chi connectivity index (χ4v) is 3.50. The van der Waals surface area contributed by atoms with Gasteiger partial charge in [-0.05, 0) is 35.4 Å². The maximum absolute atomic E-state index is 12.6. The van der Waals surface area contributed by atoms with Gasteiger partial charge in [0.2, 0.25) is 5.69 Å². The van der Waals surface area contributed by atoms with Gasteiger partial charge < -0.3 is 4.74 Å². The molecular weight excluding hydrogens is 514 g/mol. The zero-order chi connectivity index (χ0) is 24.6. The molecule has 4 aromatic rings. The lowest BCUT2D eigenvalue weighted by molar-refractivity contribution is -0.385. The first kappa shape index (κ1) is 23.8. The second-order valence-electron chi connectivity index (χ2n) is 7.46. The smallest absolute Gasteiger partial charge is 0.320 e. The number of rotatable bonds is 9. The van der Waals surface area contributed by atoms with E-state index in [2.05, 4.69) is 31.6 Å². The van der Waals surface area contributed by atoms with Crippen molar-refractivity contribution in [2.75, 3.05) is 0 Å². The average Bonchev–Trinajstić information content (AvgIpc) is 3.30. The van der Waals surface area contributed by atoms with Crippen LogP contribution in [0.5, 0.6) is 5.75 Å². The summed E-state index contributed by atoms with van der Waals surface area (Å²) in [6, 6.07) is 24.4. The zero-order valence-corrected chi connectivity index (χ0v) is 20.0. The van der Waals surface area contributed by atoms with Gasteiger partial charge in [-0.3, -0.25) is 19.6 Å². The number of halogens is 1. The number of nitrogens with zero attached hydrogens (tertiary/aromatic N) is 4. The maximum Gasteiger partial charge on any atom is 0.320 e. The molecule has 10 heteroatoms. The van der Waals surface area contributed by atoms with Crippen molar-refractivity contribution >= 4 is 33.7 Å². The van der Waals surface area contributed by atoms with Crippen LogP contribution in [0, 0.1) is 10.1 Å². The van der Waals surface area contributed by atoms with Gasteiger partial charge in [-0.2, -0.15) is 10.2 Å². The average molecular weight is 534 g/mol. The van der Waals surface area contributed by atoms with Gasteiger partial charge in [-0.15, -0.1) is 0 Å². The molecule has 0 unspecified atom stereocenters. The largest absolute Gasteiger partial charge is 0.488 e. The third-order valence-corrected chi connectivity index (χ3v) is 5.47. The van der Waals surface area contributed by atoms with Crippen LogP contribution in [0.2, 0.25) is 0 Å². The topological polar surface area (TPSA) is 112 Å². The van der Waals surface area contributed by atoms with Gasteiger partial charge >= 0.3 is 5.69 Å². The van der Waals surface area contributed by atoms with Crippen molar-refractivity contribution in [3.8, 4) is 5.75 Å². The first-order chi connectivity index (χ1) is 17.0. The van der Waals surface area contributed by atoms with Gasteiger partial charge in [0.05, 0.1) is 17.7 Å². The van der Waals surface area contributed by atoms with E-state index < -0.39 is 16.5 Å². The van der Waals surface area contributed by atoms with E-state index in [0.717, 1.165) is 15.6 Å². The van der Waals surface area contributed by atoms with E-state index in [1.807, 2.05) is 66.7 Å². The molecule has 0 atom stereocenters. The van der Waals surface area contributed by atoms with Crippen LogP contribution in [-0.4, -0.2) is 26.8 Å². The van der Waals surface area contributed by atoms with Crippen molar-refractivity contribution in [2.24, 2.45) is 5.10 Å². The summed E-state index contributed by atoms with van der Waals surface area (Å²) in [6.45, 7) is 0.650. The second-order valence-corrected chi connectivity index (χ2v) is 8.37. The number of hydrazone groups is 1. The monoisotopic (exact) mass is 533 g/mol. The molecule has 35 heavy (non-hydrogen) atoms. The van der Waals surface area contributed by atoms with Gasteiger partial charge in [0.15, 0.2) is 0 Å². The number of hydrogen-bond acceptors (Lipinski definition) is 6. The van der Waals surface area contributed by atoms with Crippen LogP contribution in [0.25, 0.3) is 0 Å². The third kappa shape index (κ3) is 6.39. The Labute approximate surface area is 209 Å². The highest BCUT2D eigenvalue weighted by atomic mass is 79.9. The summed E-state index contributed by atoms with van der Waals surface area (Å²) in [5, 5.41) is 19.5. The predicted molar refractivity (Wildman–Crippen MR) is 134 cm³/mol. The highest BCUT2D eigenvalue weighted by Gasteiger charge is 2.25. The Balaban J connectivity index is 1.44. The highest BCUT2D eigenvalue weighted by molar-refractivity contribution is 9.10. The lowest BCUT2D eigenvalue weighted by Crippen LogP contribution is -2.20. The number of nitrogens with one attached hydrogen (secondary N) is 1. The standard InChI is InChI=1S/C25H20BrN5O4/c26-21-12-10-18(11-13-21)15-30-16-22(31(33)34)24(29-30)25(32)28-27-14-20-8-4-5-9-23(20)35-17-19-6-2-1-3-7-19/h1-14,16H,15,17H2,(H,28,32). The molecule has 0 saturated heterocycles. The number of ether oxygens (including phenoxy) is 1. The fourth-order valence-electron chi connectivity index (χ4n) is 3.23. The summed E-state index contributed by atoms with van der Waals surface area (Å²) in [6.07, 6.45) is 2.65. The summed E-state index contributed by atoms with van der Waals surface area (Å²) < 4.78 is 8.14. The Kier molecular flexibility index (Phi) is 7.63. The summed E-state index contributed by atoms with van der Waals surface area (Å²) in [5.74, 6) is -0.204. The molecule has 0 aliphatic carbocycles. The Morgan fingerprint density at radius 3 is 2.51 bits per heavy atom. The third-order valence-electron chi connectivity index (χ3n) is 4.94. The Bertz CT molecular complexity index is 1350. The number of aromatic nitrogens is 2. The molecule has 9 nitrogen and oxygen atoms in total. The minimum atomic E-state index is -0.787. The lowest BCUT2D eigenvalue weighted by atomic mass is 10.2. The van der Waals surface area contributed by atoms with Crippen molar-refractivity contribution in [1.29, 1.82) is 0 Å². The predicted octanol–water partition coefficient (Wildman–Crippen LogP) is 4.95. The molecule has 0 radical (unpaired) electrons. The van der Waals surface area contributed by atoms with E-state index in [4.69, 9.17) is 4.74 Å². The molecule has 0 aliphatic heterocycles. The fraction of sp³-hybridized carbons (Fsp3) is 0.0800. The molecule has 1 aromatic heterocycles. The van der Waals surface area contributed by atoms with Crippen LogP contribution in [0.3, 0.4) is 0 Å². The number of benzene rings is 3. The summed E-state index contributed by atoms with van der Waals surface area (Å²) >= 11 is 3.36. The van der Waals surface area contributed by atoms with E-state index in [1.165, 1.54) is 17.1 Å². The van der Waals surface area contributed by atoms with Crippen molar-refractivity contribution in [1.82, 2.24) is 15.2 Å². The molecule has 3 aromatic carbocycles. The first-order valence-corrected chi connectivity index (χ1v) is 11.3. The normalized spacial score (nSPS) is 10.9. The SMILES string of the molecule is O=C(NN=Cc1ccccc1OCc1ccccc1)c1nn(Cc2ccc(Br)cc2)cc1[N+](=O)[O-]. The van der Waals surface area contributed by atoms with E-state index >= 15 is 0 Å². The number of para-hydroxylation sites is 1. The van der Waals surface area contributed by atoms with E-state index in [9.17, 15) is 14.9 Å². The van der Waals surface area contributed by atoms with Crippen molar-refractivity contribution < 1.29 is 14.5 Å². The van der Waals surface area contributed by atoms with Crippen LogP contribution in [-0.2, 0) is 13.2 Å². The molecule has 1 heterocycles. The molecule has 0 spiro atoms. The number of nitro groups is 1. The summed E-state index contributed by atoms with van der Waals surface area (Å²) in [7, 11) is 0. The van der Waals surface area contributed by atoms with Crippen LogP contribution in [0.4, 0.5) is 5.69 Å². The molecule has 0 saturated carbocycles. The highest BCUT2D eigenvalue weighted by Crippen LogP contribution is 2.20. The summed E-state index contributed by atoms with van der Waals surface area (Å²) in [4.78, 5) is 23.5. The van der Waals surface area contributed by atoms with Crippen LogP contribution >= 0.6 is 15.9 Å². The maximum atomic E-state index is 12.6. The minimum absolute atomic E-state index is 0.275. The van der Waals surface area contributed by atoms with Crippen LogP contribution in [0.1, 0.15) is 27.2 Å². The Morgan fingerprint density at radius 1 is 1.06 bits per heavy atom. The number of hydrogen-bond donors (Lipinski definition) is 1. The Hall–Kier alpha value is -4.31. The van der Waals surface area contributed by atoms with E-state index in [0.29, 0.717) is 17.9 Å². The van der Waals surface area contributed by atoms with Gasteiger partial charge in [-0.25, -0.2) is 5.43 Å². The first-order valence-electron chi connectivity index (χ1n) is 10.5. The molecule has 4 rings (SSSR count). The molecule has 0 aliphatic rings. The van der Waals surface area contributed by atoms with Crippen molar-refractivity contribution in [2.45, 2.75) is 13.2 Å². The van der Waals surface area contributed by atoms with E-state index in [1.54, 1.807) is 12.1 Å². The van der Waals surface area contributed by atoms with Crippen molar-refractivity contribution in [3.63, 3.8) is 0 Å². The Morgan fingerprint density at radius 2 is 1.77 bits per heavy atom. The minimum Gasteiger partial charge on any atom is -0.488 e.